The molecule has 1 unspecified atom stereocenters. The summed E-state index contributed by atoms with van der Waals surface area (Å²) in [6, 6.07) is 38.4. The maximum absolute atomic E-state index is 2.48. The number of rotatable bonds is 6. The SMILES string of the molecule is CCCC1=CCC(c2cccc3c2[CH]([Zr]=[C](c2ccccc2)c2ccccc2)c2ccccc2-3)=C1. The summed E-state index contributed by atoms with van der Waals surface area (Å²) >= 11 is -1.09. The van der Waals surface area contributed by atoms with E-state index in [1.54, 1.807) is 8.77 Å². The minimum atomic E-state index is -1.09. The van der Waals surface area contributed by atoms with E-state index in [9.17, 15) is 0 Å². The molecule has 0 fully saturated rings. The second kappa shape index (κ2) is 10.0. The molecule has 6 rings (SSSR count). The standard InChI is InChI=1S/C21H19.C13H10.Zr/c1-2-6-15-11-12-17(13-15)19-9-5-10-20-18-8-4-3-7-16(18)14-21(19)20;1-3-7-12(8-4-1)11-13-9-5-2-6-10-13;/h3-5,7-11,13-14H,2,6,12H2,1H3;1-10H;. The first kappa shape index (κ1) is 22.6. The van der Waals surface area contributed by atoms with E-state index in [0.29, 0.717) is 3.63 Å². The van der Waals surface area contributed by atoms with Crippen molar-refractivity contribution in [3.05, 3.63) is 149 Å². The zero-order valence-corrected chi connectivity index (χ0v) is 22.6. The molecule has 169 valence electrons. The molecule has 0 N–H and O–H groups in total. The predicted molar refractivity (Wildman–Crippen MR) is 145 cm³/mol. The van der Waals surface area contributed by atoms with Crippen molar-refractivity contribution in [2.75, 3.05) is 0 Å². The van der Waals surface area contributed by atoms with Crippen molar-refractivity contribution in [2.45, 2.75) is 29.8 Å². The van der Waals surface area contributed by atoms with Crippen molar-refractivity contribution < 1.29 is 22.8 Å². The first-order valence-corrected chi connectivity index (χ1v) is 15.3. The van der Waals surface area contributed by atoms with Crippen LogP contribution in [0, 0.1) is 0 Å². The van der Waals surface area contributed by atoms with Crippen molar-refractivity contribution in [1.82, 2.24) is 0 Å². The van der Waals surface area contributed by atoms with Gasteiger partial charge in [-0.05, 0) is 0 Å². The van der Waals surface area contributed by atoms with Crippen LogP contribution in [0.2, 0.25) is 0 Å². The molecule has 2 aliphatic rings. The third-order valence-electron chi connectivity index (χ3n) is 7.20. The average molecular weight is 529 g/mol. The van der Waals surface area contributed by atoms with Gasteiger partial charge in [-0.15, -0.1) is 0 Å². The van der Waals surface area contributed by atoms with Gasteiger partial charge in [-0.25, -0.2) is 0 Å². The molecule has 1 atom stereocenters. The Balaban J connectivity index is 1.56. The van der Waals surface area contributed by atoms with Gasteiger partial charge >= 0.3 is 221 Å². The molecule has 0 nitrogen and oxygen atoms in total. The molecule has 2 aliphatic carbocycles. The topological polar surface area (TPSA) is 0 Å². The fraction of sp³-hybridized carbons (Fsp3) is 0.147. The minimum absolute atomic E-state index is 0.507. The van der Waals surface area contributed by atoms with E-state index >= 15 is 0 Å². The molecule has 4 aromatic rings. The summed E-state index contributed by atoms with van der Waals surface area (Å²) in [5.74, 6) is 0. The van der Waals surface area contributed by atoms with Gasteiger partial charge in [0, 0.05) is 0 Å². The van der Waals surface area contributed by atoms with Gasteiger partial charge in [-0.1, -0.05) is 0 Å². The molecule has 35 heavy (non-hydrogen) atoms. The molecule has 1 heteroatoms. The van der Waals surface area contributed by atoms with Crippen LogP contribution in [0.15, 0.2) is 121 Å². The van der Waals surface area contributed by atoms with Gasteiger partial charge < -0.3 is 0 Å². The third kappa shape index (κ3) is 4.32. The van der Waals surface area contributed by atoms with Crippen molar-refractivity contribution in [3.8, 4) is 11.1 Å². The molecular formula is C34H29Zr. The average Bonchev–Trinajstić information content (AvgIpc) is 3.51. The molecule has 0 amide bonds. The van der Waals surface area contributed by atoms with Crippen LogP contribution < -0.4 is 0 Å². The first-order valence-electron chi connectivity index (χ1n) is 12.7. The van der Waals surface area contributed by atoms with Gasteiger partial charge in [0.1, 0.15) is 0 Å². The zero-order valence-electron chi connectivity index (χ0n) is 20.2. The monoisotopic (exact) mass is 527 g/mol. The number of hydrogen-bond donors (Lipinski definition) is 0. The molecule has 0 heterocycles. The van der Waals surface area contributed by atoms with E-state index in [1.165, 1.54) is 57.4 Å². The summed E-state index contributed by atoms with van der Waals surface area (Å²) in [4.78, 5) is 0. The summed E-state index contributed by atoms with van der Waals surface area (Å²) in [6.45, 7) is 2.27. The van der Waals surface area contributed by atoms with Gasteiger partial charge in [0.2, 0.25) is 0 Å². The Morgan fingerprint density at radius 2 is 1.34 bits per heavy atom. The Bertz CT molecular complexity index is 1410. The van der Waals surface area contributed by atoms with E-state index in [4.69, 9.17) is 0 Å². The fourth-order valence-electron chi connectivity index (χ4n) is 5.61. The van der Waals surface area contributed by atoms with Gasteiger partial charge in [0.15, 0.2) is 0 Å². The van der Waals surface area contributed by atoms with Crippen molar-refractivity contribution >= 4 is 8.78 Å². The van der Waals surface area contributed by atoms with Crippen LogP contribution in [0.3, 0.4) is 0 Å². The molecule has 0 bridgehead atoms. The first-order chi connectivity index (χ1) is 17.3. The molecule has 0 saturated carbocycles. The van der Waals surface area contributed by atoms with E-state index in [1.807, 2.05) is 0 Å². The van der Waals surface area contributed by atoms with Crippen molar-refractivity contribution in [3.63, 3.8) is 0 Å². The van der Waals surface area contributed by atoms with Crippen LogP contribution >= 0.6 is 0 Å². The Kier molecular flexibility index (Phi) is 6.45. The third-order valence-corrected chi connectivity index (χ3v) is 11.5. The molecule has 0 spiro atoms. The van der Waals surface area contributed by atoms with E-state index in [2.05, 4.69) is 122 Å². The van der Waals surface area contributed by atoms with Crippen LogP contribution in [0.25, 0.3) is 16.7 Å². The Hall–Kier alpha value is -2.89. The molecular weight excluding hydrogens is 500 g/mol. The van der Waals surface area contributed by atoms with Crippen LogP contribution in [0.4, 0.5) is 0 Å². The Morgan fingerprint density at radius 1 is 0.714 bits per heavy atom. The molecule has 0 aliphatic heterocycles. The number of allylic oxidation sites excluding steroid dienone is 4. The van der Waals surface area contributed by atoms with Gasteiger partial charge in [0.05, 0.1) is 0 Å². The van der Waals surface area contributed by atoms with E-state index in [-0.39, 0.29) is 0 Å². The zero-order chi connectivity index (χ0) is 23.6. The van der Waals surface area contributed by atoms with Crippen molar-refractivity contribution in [2.24, 2.45) is 0 Å². The summed E-state index contributed by atoms with van der Waals surface area (Å²) < 4.78 is 2.09. The Labute approximate surface area is 220 Å². The van der Waals surface area contributed by atoms with Crippen LogP contribution in [0.1, 0.15) is 57.6 Å². The quantitative estimate of drug-likeness (QED) is 0.235. The van der Waals surface area contributed by atoms with Crippen LogP contribution in [-0.4, -0.2) is 3.21 Å². The number of hydrogen-bond acceptors (Lipinski definition) is 0. The molecule has 0 radical (unpaired) electrons. The van der Waals surface area contributed by atoms with Gasteiger partial charge in [-0.3, -0.25) is 0 Å². The van der Waals surface area contributed by atoms with E-state index in [0.717, 1.165) is 6.42 Å². The second-order valence-electron chi connectivity index (χ2n) is 9.44. The Morgan fingerprint density at radius 3 is 2.06 bits per heavy atom. The van der Waals surface area contributed by atoms with Crippen molar-refractivity contribution in [1.29, 1.82) is 0 Å². The summed E-state index contributed by atoms with van der Waals surface area (Å²) in [6.07, 6.45) is 8.37. The van der Waals surface area contributed by atoms with Crippen LogP contribution in [0.5, 0.6) is 0 Å². The second-order valence-corrected chi connectivity index (χ2v) is 12.8. The van der Waals surface area contributed by atoms with Gasteiger partial charge in [0.25, 0.3) is 0 Å². The summed E-state index contributed by atoms with van der Waals surface area (Å²) in [7, 11) is 0. The predicted octanol–water partition coefficient (Wildman–Crippen LogP) is 8.62. The van der Waals surface area contributed by atoms with E-state index < -0.39 is 22.8 Å². The molecule has 4 aromatic carbocycles. The normalized spacial score (nSPS) is 15.6. The van der Waals surface area contributed by atoms with Crippen LogP contribution in [-0.2, 0) is 22.8 Å². The summed E-state index contributed by atoms with van der Waals surface area (Å²) in [5.41, 5.74) is 13.3. The molecule has 0 saturated heterocycles. The number of fused-ring (bicyclic) bond motifs is 3. The fourth-order valence-corrected chi connectivity index (χ4v) is 10.1. The number of benzene rings is 4. The van der Waals surface area contributed by atoms with Gasteiger partial charge in [-0.2, -0.15) is 0 Å². The summed E-state index contributed by atoms with van der Waals surface area (Å²) in [5, 5.41) is 0. The maximum atomic E-state index is 2.48. The molecule has 0 aromatic heterocycles.